The lowest BCUT2D eigenvalue weighted by Crippen LogP contribution is -2.33. The Labute approximate surface area is 134 Å². The molecule has 126 valence electrons. The highest BCUT2D eigenvalue weighted by atomic mass is 15.2. The van der Waals surface area contributed by atoms with Crippen LogP contribution in [0.1, 0.15) is 104 Å². The Bertz CT molecular complexity index is 212. The predicted molar refractivity (Wildman–Crippen MR) is 95.9 cm³/mol. The van der Waals surface area contributed by atoms with Crippen LogP contribution in [0.3, 0.4) is 0 Å². The van der Waals surface area contributed by atoms with Gasteiger partial charge in [0.2, 0.25) is 0 Å². The van der Waals surface area contributed by atoms with Crippen molar-refractivity contribution in [2.45, 2.75) is 110 Å². The lowest BCUT2D eigenvalue weighted by Gasteiger charge is -2.28. The van der Waals surface area contributed by atoms with Crippen LogP contribution in [-0.2, 0) is 0 Å². The first kappa shape index (κ1) is 19.0. The predicted octanol–water partition coefficient (Wildman–Crippen LogP) is 6.42. The molecule has 0 N–H and O–H groups in total. The molecule has 0 unspecified atom stereocenters. The number of likely N-dealkylation sites (tertiary alicyclic amines) is 1. The summed E-state index contributed by atoms with van der Waals surface area (Å²) in [6, 6.07) is 0.901. The van der Waals surface area contributed by atoms with E-state index in [-0.39, 0.29) is 0 Å². The van der Waals surface area contributed by atoms with Gasteiger partial charge in [0.25, 0.3) is 0 Å². The van der Waals surface area contributed by atoms with Gasteiger partial charge in [-0.1, -0.05) is 85.0 Å². The van der Waals surface area contributed by atoms with Crippen molar-refractivity contribution in [3.8, 4) is 0 Å². The topological polar surface area (TPSA) is 3.24 Å². The van der Waals surface area contributed by atoms with Gasteiger partial charge in [-0.05, 0) is 31.7 Å². The van der Waals surface area contributed by atoms with E-state index in [1.807, 2.05) is 0 Å². The number of unbranched alkanes of at least 4 members (excludes halogenated alkanes) is 8. The second kappa shape index (κ2) is 12.5. The normalized spacial score (nSPS) is 19.7. The van der Waals surface area contributed by atoms with Crippen LogP contribution in [0.5, 0.6) is 0 Å². The van der Waals surface area contributed by atoms with E-state index < -0.39 is 0 Å². The SMILES string of the molecule is CCCCCCCC(CCCCCCC)N1CC[C@@H](C)C1. The summed E-state index contributed by atoms with van der Waals surface area (Å²) in [4.78, 5) is 2.82. The first-order valence-corrected chi connectivity index (χ1v) is 10.0. The summed E-state index contributed by atoms with van der Waals surface area (Å²) in [5.41, 5.74) is 0. The van der Waals surface area contributed by atoms with Crippen LogP contribution in [0.15, 0.2) is 0 Å². The van der Waals surface area contributed by atoms with Crippen molar-refractivity contribution in [1.29, 1.82) is 0 Å². The number of rotatable bonds is 13. The van der Waals surface area contributed by atoms with E-state index >= 15 is 0 Å². The van der Waals surface area contributed by atoms with Gasteiger partial charge in [0, 0.05) is 12.6 Å². The number of hydrogen-bond acceptors (Lipinski definition) is 1. The standard InChI is InChI=1S/C20H41N/c1-4-6-8-10-12-14-20(15-13-11-9-7-5-2)21-17-16-19(3)18-21/h19-20H,4-18H2,1-3H3/t19-/m1/s1. The van der Waals surface area contributed by atoms with Crippen molar-refractivity contribution >= 4 is 0 Å². The van der Waals surface area contributed by atoms with E-state index in [9.17, 15) is 0 Å². The van der Waals surface area contributed by atoms with Gasteiger partial charge in [0.1, 0.15) is 0 Å². The van der Waals surface area contributed by atoms with Crippen LogP contribution in [0.2, 0.25) is 0 Å². The summed E-state index contributed by atoms with van der Waals surface area (Å²) in [6.07, 6.45) is 18.7. The molecule has 0 aromatic heterocycles. The molecule has 0 spiro atoms. The van der Waals surface area contributed by atoms with Crippen molar-refractivity contribution in [2.24, 2.45) is 5.92 Å². The Balaban J connectivity index is 2.21. The van der Waals surface area contributed by atoms with Crippen molar-refractivity contribution < 1.29 is 0 Å². The summed E-state index contributed by atoms with van der Waals surface area (Å²) in [5.74, 6) is 0.938. The Morgan fingerprint density at radius 2 is 1.33 bits per heavy atom. The molecule has 1 heteroatoms. The third-order valence-electron chi connectivity index (χ3n) is 5.25. The molecule has 1 nitrogen and oxygen atoms in total. The van der Waals surface area contributed by atoms with E-state index in [1.165, 1.54) is 96.6 Å². The van der Waals surface area contributed by atoms with Gasteiger partial charge in [-0.2, -0.15) is 0 Å². The molecule has 1 saturated heterocycles. The quantitative estimate of drug-likeness (QED) is 0.354. The third kappa shape index (κ3) is 8.86. The van der Waals surface area contributed by atoms with E-state index in [0.717, 1.165) is 12.0 Å². The highest BCUT2D eigenvalue weighted by molar-refractivity contribution is 4.79. The summed E-state index contributed by atoms with van der Waals surface area (Å²) < 4.78 is 0. The van der Waals surface area contributed by atoms with Crippen LogP contribution in [-0.4, -0.2) is 24.0 Å². The molecule has 1 atom stereocenters. The largest absolute Gasteiger partial charge is 0.300 e. The molecular weight excluding hydrogens is 254 g/mol. The van der Waals surface area contributed by atoms with E-state index in [1.54, 1.807) is 0 Å². The Hall–Kier alpha value is -0.0400. The van der Waals surface area contributed by atoms with E-state index in [4.69, 9.17) is 0 Å². The molecule has 0 saturated carbocycles. The van der Waals surface area contributed by atoms with Crippen LogP contribution < -0.4 is 0 Å². The summed E-state index contributed by atoms with van der Waals surface area (Å²) in [5, 5.41) is 0. The van der Waals surface area contributed by atoms with Crippen LogP contribution in [0.25, 0.3) is 0 Å². The Morgan fingerprint density at radius 1 is 0.810 bits per heavy atom. The summed E-state index contributed by atoms with van der Waals surface area (Å²) in [7, 11) is 0. The van der Waals surface area contributed by atoms with Crippen LogP contribution in [0, 0.1) is 5.92 Å². The minimum atomic E-state index is 0.901. The van der Waals surface area contributed by atoms with Crippen molar-refractivity contribution in [1.82, 2.24) is 4.90 Å². The van der Waals surface area contributed by atoms with Crippen molar-refractivity contribution in [3.05, 3.63) is 0 Å². The smallest absolute Gasteiger partial charge is 0.00953 e. The lowest BCUT2D eigenvalue weighted by atomic mass is 9.99. The first-order chi connectivity index (χ1) is 10.3. The minimum Gasteiger partial charge on any atom is -0.300 e. The molecule has 0 amide bonds. The maximum absolute atomic E-state index is 2.82. The van der Waals surface area contributed by atoms with Gasteiger partial charge in [-0.3, -0.25) is 0 Å². The highest BCUT2D eigenvalue weighted by Gasteiger charge is 2.25. The fourth-order valence-corrected chi connectivity index (χ4v) is 3.78. The molecule has 1 fully saturated rings. The van der Waals surface area contributed by atoms with Crippen molar-refractivity contribution in [3.63, 3.8) is 0 Å². The number of nitrogens with zero attached hydrogens (tertiary/aromatic N) is 1. The monoisotopic (exact) mass is 295 g/mol. The lowest BCUT2D eigenvalue weighted by molar-refractivity contribution is 0.204. The first-order valence-electron chi connectivity index (χ1n) is 10.0. The fraction of sp³-hybridized carbons (Fsp3) is 1.00. The second-order valence-corrected chi connectivity index (χ2v) is 7.45. The maximum atomic E-state index is 2.82. The zero-order chi connectivity index (χ0) is 15.3. The summed E-state index contributed by atoms with van der Waals surface area (Å²) >= 11 is 0. The average Bonchev–Trinajstić information content (AvgIpc) is 2.91. The molecule has 0 aliphatic carbocycles. The average molecular weight is 296 g/mol. The van der Waals surface area contributed by atoms with Crippen molar-refractivity contribution in [2.75, 3.05) is 13.1 Å². The Kier molecular flexibility index (Phi) is 11.3. The zero-order valence-electron chi connectivity index (χ0n) is 15.2. The highest BCUT2D eigenvalue weighted by Crippen LogP contribution is 2.24. The van der Waals surface area contributed by atoms with E-state index in [0.29, 0.717) is 0 Å². The van der Waals surface area contributed by atoms with Gasteiger partial charge in [0.15, 0.2) is 0 Å². The molecule has 0 aromatic rings. The molecule has 0 bridgehead atoms. The Morgan fingerprint density at radius 3 is 1.76 bits per heavy atom. The second-order valence-electron chi connectivity index (χ2n) is 7.45. The molecule has 1 aliphatic rings. The minimum absolute atomic E-state index is 0.901. The summed E-state index contributed by atoms with van der Waals surface area (Å²) in [6.45, 7) is 9.79. The van der Waals surface area contributed by atoms with E-state index in [2.05, 4.69) is 25.7 Å². The molecule has 0 aromatic carbocycles. The van der Waals surface area contributed by atoms with Gasteiger partial charge in [-0.25, -0.2) is 0 Å². The molecule has 0 radical (unpaired) electrons. The maximum Gasteiger partial charge on any atom is 0.00953 e. The van der Waals surface area contributed by atoms with Gasteiger partial charge < -0.3 is 4.90 Å². The van der Waals surface area contributed by atoms with Crippen LogP contribution >= 0.6 is 0 Å². The zero-order valence-corrected chi connectivity index (χ0v) is 15.2. The van der Waals surface area contributed by atoms with Gasteiger partial charge in [0.05, 0.1) is 0 Å². The number of hydrogen-bond donors (Lipinski definition) is 0. The molecule has 1 rings (SSSR count). The molecule has 21 heavy (non-hydrogen) atoms. The third-order valence-corrected chi connectivity index (χ3v) is 5.25. The van der Waals surface area contributed by atoms with Gasteiger partial charge in [-0.15, -0.1) is 0 Å². The van der Waals surface area contributed by atoms with Crippen LogP contribution in [0.4, 0.5) is 0 Å². The molecule has 1 heterocycles. The molecular formula is C20H41N. The fourth-order valence-electron chi connectivity index (χ4n) is 3.78. The van der Waals surface area contributed by atoms with Gasteiger partial charge >= 0.3 is 0 Å². The molecule has 1 aliphatic heterocycles.